The number of hydrogen-bond acceptors (Lipinski definition) is 5. The van der Waals surface area contributed by atoms with Crippen LogP contribution < -0.4 is 20.1 Å². The van der Waals surface area contributed by atoms with Crippen LogP contribution in [0.15, 0.2) is 60.9 Å². The molecule has 0 bridgehead atoms. The van der Waals surface area contributed by atoms with E-state index < -0.39 is 6.04 Å². The zero-order valence-corrected chi connectivity index (χ0v) is 17.1. The monoisotopic (exact) mass is 408 g/mol. The average Bonchev–Trinajstić information content (AvgIpc) is 3.21. The zero-order valence-electron chi connectivity index (χ0n) is 17.1. The molecule has 1 aromatic heterocycles. The Kier molecular flexibility index (Phi) is 6.69. The van der Waals surface area contributed by atoms with E-state index in [0.29, 0.717) is 22.9 Å². The third-order valence-corrected chi connectivity index (χ3v) is 4.57. The lowest BCUT2D eigenvalue weighted by Gasteiger charge is -2.20. The molecule has 0 saturated heterocycles. The number of nitrogens with zero attached hydrogens (tertiary/aromatic N) is 2. The molecule has 3 aromatic rings. The molecule has 0 fully saturated rings. The molecule has 0 spiro atoms. The average molecular weight is 408 g/mol. The number of amides is 2. The van der Waals surface area contributed by atoms with Gasteiger partial charge in [-0.25, -0.2) is 4.98 Å². The molecule has 3 rings (SSSR count). The lowest BCUT2D eigenvalue weighted by molar-refractivity contribution is -0.120. The number of benzene rings is 2. The highest BCUT2D eigenvalue weighted by Crippen LogP contribution is 2.29. The number of ether oxygens (including phenoxy) is 2. The van der Waals surface area contributed by atoms with Crippen LogP contribution in [-0.2, 0) is 11.8 Å². The van der Waals surface area contributed by atoms with Crippen molar-refractivity contribution in [1.82, 2.24) is 20.2 Å². The van der Waals surface area contributed by atoms with Gasteiger partial charge < -0.3 is 24.7 Å². The number of rotatable bonds is 8. The van der Waals surface area contributed by atoms with Gasteiger partial charge >= 0.3 is 0 Å². The molecule has 1 unspecified atom stereocenters. The molecule has 2 aromatic carbocycles. The maximum atomic E-state index is 12.7. The van der Waals surface area contributed by atoms with Crippen molar-refractivity contribution in [3.8, 4) is 11.5 Å². The first-order chi connectivity index (χ1) is 14.5. The predicted octanol–water partition coefficient (Wildman–Crippen LogP) is 2.07. The standard InChI is InChI=1S/C22H24N4O4/c1-26-10-9-23-21(26)20(16-11-17(29-2)13-18(12-16)30-3)25-19(27)14-24-22(28)15-7-5-4-6-8-15/h4-13,20H,14H2,1-3H3,(H,24,28)(H,25,27). The second kappa shape index (κ2) is 9.60. The Labute approximate surface area is 174 Å². The van der Waals surface area contributed by atoms with Gasteiger partial charge in [-0.1, -0.05) is 18.2 Å². The quantitative estimate of drug-likeness (QED) is 0.595. The van der Waals surface area contributed by atoms with Gasteiger partial charge in [0.15, 0.2) is 0 Å². The minimum atomic E-state index is -0.560. The summed E-state index contributed by atoms with van der Waals surface area (Å²) in [5, 5.41) is 5.57. The molecule has 0 aliphatic heterocycles. The highest BCUT2D eigenvalue weighted by atomic mass is 16.5. The minimum absolute atomic E-state index is 0.171. The van der Waals surface area contributed by atoms with Crippen molar-refractivity contribution in [2.24, 2.45) is 7.05 Å². The zero-order chi connectivity index (χ0) is 21.5. The molecule has 0 aliphatic carbocycles. The fourth-order valence-corrected chi connectivity index (χ4v) is 3.01. The van der Waals surface area contributed by atoms with Gasteiger partial charge in [-0.3, -0.25) is 9.59 Å². The normalized spacial score (nSPS) is 11.4. The van der Waals surface area contributed by atoms with Crippen LogP contribution in [0.1, 0.15) is 27.8 Å². The fraction of sp³-hybridized carbons (Fsp3) is 0.227. The molecular formula is C22H24N4O4. The van der Waals surface area contributed by atoms with Crippen LogP contribution in [0.2, 0.25) is 0 Å². The molecule has 156 valence electrons. The second-order valence-electron chi connectivity index (χ2n) is 6.59. The van der Waals surface area contributed by atoms with Crippen molar-refractivity contribution in [1.29, 1.82) is 0 Å². The topological polar surface area (TPSA) is 94.5 Å². The molecule has 0 saturated carbocycles. The molecule has 0 radical (unpaired) electrons. The second-order valence-corrected chi connectivity index (χ2v) is 6.59. The van der Waals surface area contributed by atoms with Gasteiger partial charge in [0.05, 0.1) is 20.8 Å². The summed E-state index contributed by atoms with van der Waals surface area (Å²) in [6, 6.07) is 13.5. The van der Waals surface area contributed by atoms with E-state index in [1.165, 1.54) is 0 Å². The van der Waals surface area contributed by atoms with Crippen LogP contribution in [-0.4, -0.2) is 42.1 Å². The summed E-state index contributed by atoms with van der Waals surface area (Å²) >= 11 is 0. The van der Waals surface area contributed by atoms with Crippen LogP contribution >= 0.6 is 0 Å². The summed E-state index contributed by atoms with van der Waals surface area (Å²) in [5.41, 5.74) is 1.23. The van der Waals surface area contributed by atoms with E-state index in [1.54, 1.807) is 56.9 Å². The van der Waals surface area contributed by atoms with Crippen molar-refractivity contribution >= 4 is 11.8 Å². The number of nitrogens with one attached hydrogen (secondary N) is 2. The first kappa shape index (κ1) is 20.9. The van der Waals surface area contributed by atoms with Gasteiger partial charge in [0.25, 0.3) is 5.91 Å². The van der Waals surface area contributed by atoms with E-state index in [9.17, 15) is 9.59 Å². The third kappa shape index (κ3) is 4.96. The van der Waals surface area contributed by atoms with Crippen LogP contribution in [0.25, 0.3) is 0 Å². The molecule has 1 atom stereocenters. The smallest absolute Gasteiger partial charge is 0.251 e. The van der Waals surface area contributed by atoms with E-state index in [1.807, 2.05) is 29.8 Å². The van der Waals surface area contributed by atoms with Crippen molar-refractivity contribution in [3.05, 3.63) is 77.9 Å². The van der Waals surface area contributed by atoms with Gasteiger partial charge in [-0.2, -0.15) is 0 Å². The summed E-state index contributed by atoms with van der Waals surface area (Å²) in [6.07, 6.45) is 3.45. The van der Waals surface area contributed by atoms with Gasteiger partial charge in [0.1, 0.15) is 23.4 Å². The van der Waals surface area contributed by atoms with Crippen LogP contribution in [0.3, 0.4) is 0 Å². The van der Waals surface area contributed by atoms with Gasteiger partial charge in [0, 0.05) is 31.1 Å². The van der Waals surface area contributed by atoms with Crippen LogP contribution in [0.4, 0.5) is 0 Å². The molecular weight excluding hydrogens is 384 g/mol. The van der Waals surface area contributed by atoms with E-state index in [0.717, 1.165) is 5.56 Å². The van der Waals surface area contributed by atoms with Crippen molar-refractivity contribution in [3.63, 3.8) is 0 Å². The highest BCUT2D eigenvalue weighted by molar-refractivity contribution is 5.96. The van der Waals surface area contributed by atoms with Crippen LogP contribution in [0, 0.1) is 0 Å². The number of methoxy groups -OCH3 is 2. The molecule has 0 aliphatic rings. The SMILES string of the molecule is COc1cc(OC)cc(C(NC(=O)CNC(=O)c2ccccc2)c2nccn2C)c1. The molecule has 8 nitrogen and oxygen atoms in total. The Morgan fingerprint density at radius 2 is 1.73 bits per heavy atom. The molecule has 8 heteroatoms. The number of carbonyl (C=O) groups excluding carboxylic acids is 2. The number of hydrogen-bond donors (Lipinski definition) is 2. The van der Waals surface area contributed by atoms with Crippen molar-refractivity contribution in [2.45, 2.75) is 6.04 Å². The Hall–Kier alpha value is -3.81. The van der Waals surface area contributed by atoms with Crippen LogP contribution in [0.5, 0.6) is 11.5 Å². The summed E-state index contributed by atoms with van der Waals surface area (Å²) in [5.74, 6) is 1.15. The first-order valence-electron chi connectivity index (χ1n) is 9.34. The number of carbonyl (C=O) groups is 2. The summed E-state index contributed by atoms with van der Waals surface area (Å²) in [4.78, 5) is 29.2. The van der Waals surface area contributed by atoms with E-state index >= 15 is 0 Å². The third-order valence-electron chi connectivity index (χ3n) is 4.57. The summed E-state index contributed by atoms with van der Waals surface area (Å²) < 4.78 is 12.5. The number of imidazole rings is 1. The largest absolute Gasteiger partial charge is 0.497 e. The van der Waals surface area contributed by atoms with Crippen molar-refractivity contribution < 1.29 is 19.1 Å². The Morgan fingerprint density at radius 3 is 2.30 bits per heavy atom. The summed E-state index contributed by atoms with van der Waals surface area (Å²) in [6.45, 7) is -0.171. The number of aromatic nitrogens is 2. The van der Waals surface area contributed by atoms with Gasteiger partial charge in [-0.15, -0.1) is 0 Å². The summed E-state index contributed by atoms with van der Waals surface area (Å²) in [7, 11) is 4.97. The molecule has 30 heavy (non-hydrogen) atoms. The maximum absolute atomic E-state index is 12.7. The maximum Gasteiger partial charge on any atom is 0.251 e. The predicted molar refractivity (Wildman–Crippen MR) is 112 cm³/mol. The van der Waals surface area contributed by atoms with E-state index in [2.05, 4.69) is 15.6 Å². The minimum Gasteiger partial charge on any atom is -0.497 e. The molecule has 2 N–H and O–H groups in total. The van der Waals surface area contributed by atoms with Gasteiger partial charge in [0.2, 0.25) is 5.91 Å². The lowest BCUT2D eigenvalue weighted by atomic mass is 10.0. The fourth-order valence-electron chi connectivity index (χ4n) is 3.01. The van der Waals surface area contributed by atoms with Crippen molar-refractivity contribution in [2.75, 3.05) is 20.8 Å². The first-order valence-corrected chi connectivity index (χ1v) is 9.34. The molecule has 2 amide bonds. The van der Waals surface area contributed by atoms with E-state index in [4.69, 9.17) is 9.47 Å². The lowest BCUT2D eigenvalue weighted by Crippen LogP contribution is -2.39. The number of aryl methyl sites for hydroxylation is 1. The van der Waals surface area contributed by atoms with Gasteiger partial charge in [-0.05, 0) is 29.8 Å². The Bertz CT molecular complexity index is 995. The Morgan fingerprint density at radius 1 is 1.07 bits per heavy atom. The highest BCUT2D eigenvalue weighted by Gasteiger charge is 2.22. The Balaban J connectivity index is 1.79. The molecule has 1 heterocycles. The van der Waals surface area contributed by atoms with E-state index in [-0.39, 0.29) is 18.4 Å².